The Bertz CT molecular complexity index is 1500. The van der Waals surface area contributed by atoms with Crippen molar-refractivity contribution in [3.63, 3.8) is 0 Å². The molecular formula is C36H48N4O6. The van der Waals surface area contributed by atoms with E-state index in [1.807, 2.05) is 66.7 Å². The molecule has 0 atom stereocenters. The van der Waals surface area contributed by atoms with Gasteiger partial charge in [-0.15, -0.1) is 0 Å². The number of hydrogen-bond acceptors (Lipinski definition) is 8. The highest BCUT2D eigenvalue weighted by Gasteiger charge is 2.28. The maximum atomic E-state index is 13.4. The molecule has 248 valence electrons. The quantitative estimate of drug-likeness (QED) is 0.205. The first-order valence-electron chi connectivity index (χ1n) is 16.3. The molecule has 0 radical (unpaired) electrons. The molecule has 0 saturated carbocycles. The van der Waals surface area contributed by atoms with Crippen LogP contribution in [0.15, 0.2) is 40.9 Å². The van der Waals surface area contributed by atoms with Crippen LogP contribution < -0.4 is 15.4 Å². The van der Waals surface area contributed by atoms with Crippen molar-refractivity contribution >= 4 is 17.8 Å². The lowest BCUT2D eigenvalue weighted by Crippen LogP contribution is -2.35. The highest BCUT2D eigenvalue weighted by Crippen LogP contribution is 2.43. The van der Waals surface area contributed by atoms with E-state index in [1.165, 1.54) is 0 Å². The molecule has 2 N–H and O–H groups in total. The van der Waals surface area contributed by atoms with Gasteiger partial charge in [0.1, 0.15) is 5.75 Å². The van der Waals surface area contributed by atoms with Gasteiger partial charge in [0.05, 0.1) is 30.8 Å². The van der Waals surface area contributed by atoms with Gasteiger partial charge in [-0.2, -0.15) is 0 Å². The Morgan fingerprint density at radius 2 is 1.63 bits per heavy atom. The van der Waals surface area contributed by atoms with Crippen LogP contribution in [0.4, 0.5) is 4.79 Å². The van der Waals surface area contributed by atoms with Gasteiger partial charge in [0.25, 0.3) is 0 Å². The highest BCUT2D eigenvalue weighted by molar-refractivity contribution is 6.04. The number of Topliss-reactive ketones (excluding diaryl/α,β-unsaturated/α-hetero) is 1. The van der Waals surface area contributed by atoms with Gasteiger partial charge in [0.15, 0.2) is 17.2 Å². The third kappa shape index (κ3) is 9.04. The van der Waals surface area contributed by atoms with E-state index in [1.54, 1.807) is 6.07 Å². The van der Waals surface area contributed by atoms with Gasteiger partial charge in [-0.25, -0.2) is 4.79 Å². The second kappa shape index (κ2) is 16.0. The van der Waals surface area contributed by atoms with E-state index in [2.05, 4.69) is 32.8 Å². The average molecular weight is 633 g/mol. The SMILES string of the molecule is CCCC(=O)c1noc(-c2cc(C(C)C)c(CC(=O)NC(C)C)cc2OC(=O)NC(C)C)c1-c1ccc(CN2CCOCC2)cc1. The normalized spacial score (nSPS) is 13.8. The van der Waals surface area contributed by atoms with E-state index in [9.17, 15) is 14.4 Å². The summed E-state index contributed by atoms with van der Waals surface area (Å²) >= 11 is 0. The number of nitrogens with one attached hydrogen (secondary N) is 2. The Labute approximate surface area is 272 Å². The summed E-state index contributed by atoms with van der Waals surface area (Å²) in [6.45, 7) is 17.5. The molecule has 4 rings (SSSR count). The van der Waals surface area contributed by atoms with Crippen LogP contribution in [0.3, 0.4) is 0 Å². The van der Waals surface area contributed by atoms with Crippen molar-refractivity contribution in [2.75, 3.05) is 26.3 Å². The minimum absolute atomic E-state index is 0.0158. The zero-order valence-corrected chi connectivity index (χ0v) is 28.2. The average Bonchev–Trinajstić information content (AvgIpc) is 3.42. The number of nitrogens with zero attached hydrogens (tertiary/aromatic N) is 2. The predicted molar refractivity (Wildman–Crippen MR) is 178 cm³/mol. The molecule has 1 aromatic heterocycles. The molecule has 2 heterocycles. The summed E-state index contributed by atoms with van der Waals surface area (Å²) in [5.41, 5.74) is 4.81. The molecule has 1 fully saturated rings. The lowest BCUT2D eigenvalue weighted by atomic mass is 9.89. The van der Waals surface area contributed by atoms with Crippen LogP contribution >= 0.6 is 0 Å². The first-order chi connectivity index (χ1) is 22.0. The largest absolute Gasteiger partial charge is 0.412 e. The van der Waals surface area contributed by atoms with Gasteiger partial charge in [-0.05, 0) is 74.4 Å². The number of rotatable bonds is 13. The Morgan fingerprint density at radius 3 is 2.24 bits per heavy atom. The fourth-order valence-corrected chi connectivity index (χ4v) is 5.57. The first kappa shape index (κ1) is 34.8. The Kier molecular flexibility index (Phi) is 12.1. The predicted octanol–water partition coefficient (Wildman–Crippen LogP) is 6.51. The lowest BCUT2D eigenvalue weighted by molar-refractivity contribution is -0.120. The van der Waals surface area contributed by atoms with Crippen molar-refractivity contribution in [2.24, 2.45) is 0 Å². The molecule has 10 heteroatoms. The van der Waals surface area contributed by atoms with E-state index in [4.69, 9.17) is 14.0 Å². The molecule has 0 aliphatic carbocycles. The fourth-order valence-electron chi connectivity index (χ4n) is 5.57. The number of carbonyl (C=O) groups is 3. The van der Waals surface area contributed by atoms with E-state index in [0.29, 0.717) is 29.7 Å². The highest BCUT2D eigenvalue weighted by atomic mass is 16.6. The number of hydrogen-bond donors (Lipinski definition) is 2. The number of benzene rings is 2. The summed E-state index contributed by atoms with van der Waals surface area (Å²) in [7, 11) is 0. The maximum absolute atomic E-state index is 13.4. The Morgan fingerprint density at radius 1 is 0.957 bits per heavy atom. The smallest absolute Gasteiger partial charge is 0.410 e. The van der Waals surface area contributed by atoms with Gasteiger partial charge in [-0.1, -0.05) is 50.2 Å². The molecule has 10 nitrogen and oxygen atoms in total. The molecule has 0 bridgehead atoms. The summed E-state index contributed by atoms with van der Waals surface area (Å²) < 4.78 is 17.4. The number of morpholine rings is 1. The molecule has 46 heavy (non-hydrogen) atoms. The van der Waals surface area contributed by atoms with Crippen LogP contribution in [0, 0.1) is 0 Å². The van der Waals surface area contributed by atoms with Crippen LogP contribution in [0.25, 0.3) is 22.5 Å². The monoisotopic (exact) mass is 632 g/mol. The van der Waals surface area contributed by atoms with Crippen molar-refractivity contribution < 1.29 is 28.4 Å². The van der Waals surface area contributed by atoms with Crippen molar-refractivity contribution in [3.8, 4) is 28.2 Å². The summed E-state index contributed by atoms with van der Waals surface area (Å²) in [5.74, 6) is 0.313. The zero-order chi connectivity index (χ0) is 33.4. The summed E-state index contributed by atoms with van der Waals surface area (Å²) in [6.07, 6.45) is 0.451. The second-order valence-corrected chi connectivity index (χ2v) is 12.8. The van der Waals surface area contributed by atoms with Crippen LogP contribution in [0.2, 0.25) is 0 Å². The molecule has 1 aliphatic rings. The van der Waals surface area contributed by atoms with Gasteiger partial charge >= 0.3 is 6.09 Å². The number of amides is 2. The second-order valence-electron chi connectivity index (χ2n) is 12.8. The molecular weight excluding hydrogens is 584 g/mol. The van der Waals surface area contributed by atoms with E-state index >= 15 is 0 Å². The van der Waals surface area contributed by atoms with E-state index < -0.39 is 6.09 Å². The number of carbonyl (C=O) groups excluding carboxylic acids is 3. The molecule has 1 aliphatic heterocycles. The zero-order valence-electron chi connectivity index (χ0n) is 28.2. The van der Waals surface area contributed by atoms with Crippen LogP contribution in [-0.2, 0) is 22.5 Å². The van der Waals surface area contributed by atoms with Gasteiger partial charge in [-0.3, -0.25) is 14.5 Å². The summed E-state index contributed by atoms with van der Waals surface area (Å²) in [4.78, 5) is 41.5. The number of aromatic nitrogens is 1. The molecule has 2 amide bonds. The summed E-state index contributed by atoms with van der Waals surface area (Å²) in [6, 6.07) is 11.5. The topological polar surface area (TPSA) is 123 Å². The molecule has 3 aromatic rings. The van der Waals surface area contributed by atoms with Gasteiger partial charge < -0.3 is 24.6 Å². The van der Waals surface area contributed by atoms with Gasteiger partial charge in [0.2, 0.25) is 5.91 Å². The van der Waals surface area contributed by atoms with Crippen molar-refractivity contribution in [1.29, 1.82) is 0 Å². The molecule has 0 unspecified atom stereocenters. The molecule has 0 spiro atoms. The van der Waals surface area contributed by atoms with E-state index in [-0.39, 0.29) is 47.6 Å². The fraction of sp³-hybridized carbons (Fsp3) is 0.500. The lowest BCUT2D eigenvalue weighted by Gasteiger charge is -2.26. The van der Waals surface area contributed by atoms with E-state index in [0.717, 1.165) is 55.1 Å². The van der Waals surface area contributed by atoms with Crippen LogP contribution in [-0.4, -0.2) is 66.2 Å². The maximum Gasteiger partial charge on any atom is 0.412 e. The van der Waals surface area contributed by atoms with Crippen LogP contribution in [0.1, 0.15) is 94.4 Å². The number of ether oxygens (including phenoxy) is 2. The standard InChI is InChI=1S/C36H48N4O6/c1-8-9-30(41)34-33(26-12-10-25(11-13-26)21-40-14-16-44-17-15-40)35(46-39-34)29-20-28(22(2)3)27(19-32(42)37-23(4)5)18-31(29)45-36(43)38-24(6)7/h10-13,18,20,22-24H,8-9,14-17,19,21H2,1-7H3,(H,37,42)(H,38,43). The van der Waals surface area contributed by atoms with Crippen LogP contribution in [0.5, 0.6) is 5.75 Å². The molecule has 2 aromatic carbocycles. The number of ketones is 1. The van der Waals surface area contributed by atoms with Crippen molar-refractivity contribution in [3.05, 3.63) is 58.8 Å². The van der Waals surface area contributed by atoms with Gasteiger partial charge in [0, 0.05) is 38.1 Å². The Hall–Kier alpha value is -4.02. The minimum Gasteiger partial charge on any atom is -0.410 e. The first-order valence-corrected chi connectivity index (χ1v) is 16.3. The van der Waals surface area contributed by atoms with Crippen molar-refractivity contribution in [1.82, 2.24) is 20.7 Å². The molecule has 1 saturated heterocycles. The third-order valence-electron chi connectivity index (χ3n) is 7.70. The Balaban J connectivity index is 1.85. The minimum atomic E-state index is -0.637. The summed E-state index contributed by atoms with van der Waals surface area (Å²) in [5, 5.41) is 9.99. The third-order valence-corrected chi connectivity index (χ3v) is 7.70. The van der Waals surface area contributed by atoms with Crippen molar-refractivity contribution in [2.45, 2.75) is 92.3 Å².